The van der Waals surface area contributed by atoms with Crippen LogP contribution in [0.2, 0.25) is 0 Å². The molecule has 1 aliphatic heterocycles. The van der Waals surface area contributed by atoms with Gasteiger partial charge in [-0.1, -0.05) is 0 Å². The summed E-state index contributed by atoms with van der Waals surface area (Å²) >= 11 is 8.56. The average molecular weight is 573 g/mol. The van der Waals surface area contributed by atoms with Crippen LogP contribution < -0.4 is 15.4 Å². The summed E-state index contributed by atoms with van der Waals surface area (Å²) in [5, 5.41) is 6.75. The second-order valence-corrected chi connectivity index (χ2v) is 7.00. The predicted molar refractivity (Wildman–Crippen MR) is 107 cm³/mol. The van der Waals surface area contributed by atoms with Crippen LogP contribution in [0.1, 0.15) is 18.4 Å². The van der Waals surface area contributed by atoms with Crippen LogP contribution >= 0.6 is 25.3 Å². The summed E-state index contributed by atoms with van der Waals surface area (Å²) in [5.74, 6) is 2.65. The Bertz CT molecular complexity index is 470. The molecule has 1 fully saturated rings. The molecule has 0 aromatic carbocycles. The number of hydrogen-bond acceptors (Lipinski definition) is 7. The van der Waals surface area contributed by atoms with Gasteiger partial charge in [0.1, 0.15) is 12.4 Å². The summed E-state index contributed by atoms with van der Waals surface area (Å²) in [6.07, 6.45) is 6.02. The van der Waals surface area contributed by atoms with Gasteiger partial charge in [-0.3, -0.25) is 9.88 Å². The molecule has 1 aromatic rings. The molecule has 6 nitrogen and oxygen atoms in total. The first-order valence-electron chi connectivity index (χ1n) is 8.76. The summed E-state index contributed by atoms with van der Waals surface area (Å²) in [6, 6.07) is 2.61. The molecule has 2 heterocycles. The molecule has 1 atom stereocenters. The third-order valence-electron chi connectivity index (χ3n) is 4.08. The number of nitrogens with one attached hydrogen (secondary N) is 2. The summed E-state index contributed by atoms with van der Waals surface area (Å²) in [5.41, 5.74) is 1.20. The van der Waals surface area contributed by atoms with E-state index < -0.39 is 0 Å². The quantitative estimate of drug-likeness (QED) is 0.212. The summed E-state index contributed by atoms with van der Waals surface area (Å²) in [7, 11) is 0. The van der Waals surface area contributed by atoms with Crippen molar-refractivity contribution >= 4 is 25.3 Å². The topological polar surface area (TPSA) is 77.9 Å². The molecule has 26 heavy (non-hydrogen) atoms. The van der Waals surface area contributed by atoms with Crippen molar-refractivity contribution in [2.24, 2.45) is 0 Å². The van der Waals surface area contributed by atoms with Crippen LogP contribution in [0.5, 0.6) is 5.75 Å². The van der Waals surface area contributed by atoms with Gasteiger partial charge in [-0.2, -0.15) is 25.3 Å². The molecule has 0 bridgehead atoms. The second-order valence-electron chi connectivity index (χ2n) is 6.11. The summed E-state index contributed by atoms with van der Waals surface area (Å²) in [4.78, 5) is 6.78. The minimum absolute atomic E-state index is 0. The molecule has 1 aromatic heterocycles. The van der Waals surface area contributed by atoms with Crippen LogP contribution in [0.4, 0.5) is 0 Å². The van der Waals surface area contributed by atoms with E-state index in [0.717, 1.165) is 69.6 Å². The SMILES string of the molecule is SCCCN(CCNCCS)Cc1cncc(OC[C@@H]2CCN2)c1.[O-2].[Re]. The van der Waals surface area contributed by atoms with E-state index in [0.29, 0.717) is 6.04 Å². The minimum Gasteiger partial charge on any atom is -2.00 e. The van der Waals surface area contributed by atoms with Crippen LogP contribution in [0.25, 0.3) is 0 Å². The zero-order chi connectivity index (χ0) is 17.0. The standard InChI is InChI=1S/C17H30N4OS2.O.Re/c23-8-1-6-21(7-4-18-5-9-24)13-15-10-17(12-19-11-15)22-14-16-2-3-20-16;;/h10-12,16,18,20,23-24H,1-9,13-14H2;;/q;-2;/t16-;;/m0../s1. The minimum atomic E-state index is 0. The monoisotopic (exact) mass is 573 g/mol. The molecule has 0 saturated carbocycles. The van der Waals surface area contributed by atoms with E-state index in [4.69, 9.17) is 4.74 Å². The van der Waals surface area contributed by atoms with Crippen molar-refractivity contribution in [1.82, 2.24) is 20.5 Å². The number of nitrogens with zero attached hydrogens (tertiary/aromatic N) is 2. The molecule has 9 heteroatoms. The van der Waals surface area contributed by atoms with Crippen molar-refractivity contribution in [3.63, 3.8) is 0 Å². The van der Waals surface area contributed by atoms with Crippen molar-refractivity contribution in [2.45, 2.75) is 25.4 Å². The Morgan fingerprint density at radius 2 is 2.04 bits per heavy atom. The van der Waals surface area contributed by atoms with Crippen LogP contribution in [-0.2, 0) is 32.4 Å². The Morgan fingerprint density at radius 3 is 2.69 bits per heavy atom. The first-order chi connectivity index (χ1) is 11.8. The van der Waals surface area contributed by atoms with Crippen molar-refractivity contribution < 1.29 is 30.6 Å². The van der Waals surface area contributed by atoms with E-state index >= 15 is 0 Å². The van der Waals surface area contributed by atoms with Gasteiger partial charge < -0.3 is 20.8 Å². The number of rotatable bonds is 13. The van der Waals surface area contributed by atoms with E-state index in [-0.39, 0.29) is 25.9 Å². The molecule has 2 rings (SSSR count). The number of aromatic nitrogens is 1. The zero-order valence-corrected chi connectivity index (χ0v) is 19.6. The largest absolute Gasteiger partial charge is 2.00 e. The maximum absolute atomic E-state index is 5.85. The molecule has 151 valence electrons. The summed E-state index contributed by atoms with van der Waals surface area (Å²) < 4.78 is 5.85. The number of pyridine rings is 1. The first-order valence-corrected chi connectivity index (χ1v) is 10.0. The normalized spacial score (nSPS) is 15.7. The van der Waals surface area contributed by atoms with E-state index in [9.17, 15) is 0 Å². The van der Waals surface area contributed by atoms with Crippen molar-refractivity contribution in [2.75, 3.05) is 50.8 Å². The molecular formula is C17H30N4O2ReS2-2. The van der Waals surface area contributed by atoms with Gasteiger partial charge in [0.2, 0.25) is 0 Å². The van der Waals surface area contributed by atoms with E-state index in [2.05, 4.69) is 51.8 Å². The van der Waals surface area contributed by atoms with E-state index in [1.165, 1.54) is 12.0 Å². The third kappa shape index (κ3) is 10.5. The molecule has 0 aliphatic carbocycles. The zero-order valence-electron chi connectivity index (χ0n) is 15.1. The van der Waals surface area contributed by atoms with Gasteiger partial charge >= 0.3 is 0 Å². The maximum Gasteiger partial charge on any atom is 0.137 e. The molecule has 0 unspecified atom stereocenters. The molecule has 2 N–H and O–H groups in total. The average Bonchev–Trinajstić information content (AvgIpc) is 2.55. The Hall–Kier alpha value is 0.152. The Labute approximate surface area is 182 Å². The fraction of sp³-hybridized carbons (Fsp3) is 0.706. The molecular weight excluding hydrogens is 543 g/mol. The van der Waals surface area contributed by atoms with Gasteiger partial charge in [-0.15, -0.1) is 0 Å². The summed E-state index contributed by atoms with van der Waals surface area (Å²) in [6.45, 7) is 6.70. The Morgan fingerprint density at radius 1 is 1.23 bits per heavy atom. The number of ether oxygens (including phenoxy) is 1. The number of hydrogen-bond donors (Lipinski definition) is 4. The van der Waals surface area contributed by atoms with Crippen LogP contribution in [0, 0.1) is 0 Å². The molecule has 1 saturated heterocycles. The van der Waals surface area contributed by atoms with Gasteiger partial charge in [0.25, 0.3) is 0 Å². The van der Waals surface area contributed by atoms with Gasteiger partial charge in [0.15, 0.2) is 0 Å². The van der Waals surface area contributed by atoms with Crippen LogP contribution in [0.3, 0.4) is 0 Å². The molecule has 0 amide bonds. The van der Waals surface area contributed by atoms with Crippen molar-refractivity contribution in [1.29, 1.82) is 0 Å². The molecule has 1 aliphatic rings. The molecule has 0 spiro atoms. The van der Waals surface area contributed by atoms with Gasteiger partial charge in [0.05, 0.1) is 6.20 Å². The van der Waals surface area contributed by atoms with Crippen LogP contribution in [0.15, 0.2) is 18.5 Å². The first kappa shape index (κ1) is 26.2. The van der Waals surface area contributed by atoms with E-state index in [1.54, 1.807) is 6.20 Å². The molecule has 1 radical (unpaired) electrons. The maximum atomic E-state index is 5.85. The Kier molecular flexibility index (Phi) is 16.2. The van der Waals surface area contributed by atoms with Crippen molar-refractivity contribution in [3.8, 4) is 5.75 Å². The smallest absolute Gasteiger partial charge is 0.137 e. The number of thiol groups is 2. The Balaban J connectivity index is 0.00000312. The van der Waals surface area contributed by atoms with Crippen molar-refractivity contribution in [3.05, 3.63) is 24.0 Å². The van der Waals surface area contributed by atoms with Gasteiger partial charge in [-0.25, -0.2) is 0 Å². The van der Waals surface area contributed by atoms with Gasteiger partial charge in [-0.05, 0) is 43.3 Å². The van der Waals surface area contributed by atoms with Gasteiger partial charge in [0, 0.05) is 64.6 Å². The predicted octanol–water partition coefficient (Wildman–Crippen LogP) is 1.34. The van der Waals surface area contributed by atoms with E-state index in [1.807, 2.05) is 6.20 Å². The van der Waals surface area contributed by atoms with Crippen LogP contribution in [-0.4, -0.2) is 66.8 Å². The third-order valence-corrected chi connectivity index (χ3v) is 4.62. The second kappa shape index (κ2) is 16.1. The fourth-order valence-electron chi connectivity index (χ4n) is 2.58. The fourth-order valence-corrected chi connectivity index (χ4v) is 2.88.